The number of carboxylic acids is 1. The summed E-state index contributed by atoms with van der Waals surface area (Å²) in [4.78, 5) is 36.0. The lowest BCUT2D eigenvalue weighted by Gasteiger charge is -2.28. The highest BCUT2D eigenvalue weighted by Crippen LogP contribution is 2.27. The molecule has 0 aromatic heterocycles. The van der Waals surface area contributed by atoms with Crippen LogP contribution in [-0.4, -0.2) is 46.6 Å². The van der Waals surface area contributed by atoms with Crippen molar-refractivity contribution >= 4 is 35.2 Å². The molecule has 1 aliphatic heterocycles. The van der Waals surface area contributed by atoms with Crippen molar-refractivity contribution < 1.29 is 19.5 Å². The Morgan fingerprint density at radius 3 is 2.70 bits per heavy atom. The van der Waals surface area contributed by atoms with Gasteiger partial charge in [0.05, 0.1) is 11.4 Å². The van der Waals surface area contributed by atoms with Crippen molar-refractivity contribution in [2.45, 2.75) is 12.8 Å². The molecule has 0 atom stereocenters. The number of thioether (sulfide) groups is 1. The third-order valence-corrected chi connectivity index (χ3v) is 4.06. The summed E-state index contributed by atoms with van der Waals surface area (Å²) in [7, 11) is 0. The quantitative estimate of drug-likeness (QED) is 0.739. The van der Waals surface area contributed by atoms with Crippen molar-refractivity contribution in [3.05, 3.63) is 41.3 Å². The van der Waals surface area contributed by atoms with Crippen molar-refractivity contribution in [2.75, 3.05) is 18.8 Å². The lowest BCUT2D eigenvalue weighted by atomic mass is 10.1. The van der Waals surface area contributed by atoms with Gasteiger partial charge in [-0.15, -0.1) is 11.8 Å². The zero-order chi connectivity index (χ0) is 16.7. The van der Waals surface area contributed by atoms with Gasteiger partial charge in [-0.25, -0.2) is 0 Å². The molecule has 1 aliphatic rings. The molecule has 7 heteroatoms. The van der Waals surface area contributed by atoms with Gasteiger partial charge >= 0.3 is 5.97 Å². The van der Waals surface area contributed by atoms with E-state index in [9.17, 15) is 14.4 Å². The van der Waals surface area contributed by atoms with E-state index in [1.54, 1.807) is 0 Å². The zero-order valence-corrected chi connectivity index (χ0v) is 13.3. The van der Waals surface area contributed by atoms with E-state index in [0.717, 1.165) is 5.56 Å². The maximum absolute atomic E-state index is 12.1. The molecule has 122 valence electrons. The Bertz CT molecular complexity index is 616. The second kappa shape index (κ2) is 8.38. The van der Waals surface area contributed by atoms with Gasteiger partial charge in [0.2, 0.25) is 11.8 Å². The van der Waals surface area contributed by atoms with E-state index in [4.69, 9.17) is 5.11 Å². The molecule has 1 aromatic rings. The summed E-state index contributed by atoms with van der Waals surface area (Å²) in [5.41, 5.74) is 1.60. The highest BCUT2D eigenvalue weighted by atomic mass is 32.2. The van der Waals surface area contributed by atoms with E-state index in [0.29, 0.717) is 17.9 Å². The fourth-order valence-electron chi connectivity index (χ4n) is 2.14. The van der Waals surface area contributed by atoms with Crippen LogP contribution in [0.5, 0.6) is 0 Å². The molecule has 0 aliphatic carbocycles. The van der Waals surface area contributed by atoms with E-state index in [-0.39, 0.29) is 31.3 Å². The molecule has 0 unspecified atom stereocenters. The number of nitrogens with zero attached hydrogens (tertiary/aromatic N) is 1. The number of rotatable bonds is 7. The molecule has 2 N–H and O–H groups in total. The normalized spacial score (nSPS) is 14.3. The van der Waals surface area contributed by atoms with Crippen LogP contribution in [-0.2, 0) is 14.4 Å². The molecule has 0 saturated heterocycles. The van der Waals surface area contributed by atoms with E-state index in [1.165, 1.54) is 16.7 Å². The molecule has 0 bridgehead atoms. The first kappa shape index (κ1) is 17.1. The maximum Gasteiger partial charge on any atom is 0.303 e. The van der Waals surface area contributed by atoms with E-state index in [2.05, 4.69) is 5.32 Å². The number of benzene rings is 1. The minimum absolute atomic E-state index is 0.00866. The van der Waals surface area contributed by atoms with Gasteiger partial charge in [-0.1, -0.05) is 30.3 Å². The lowest BCUT2D eigenvalue weighted by Crippen LogP contribution is -2.41. The summed E-state index contributed by atoms with van der Waals surface area (Å²) in [6.45, 7) is 0.222. The van der Waals surface area contributed by atoms with Gasteiger partial charge in [0.25, 0.3) is 0 Å². The Kier molecular flexibility index (Phi) is 6.22. The topological polar surface area (TPSA) is 86.7 Å². The first-order valence-electron chi connectivity index (χ1n) is 7.24. The van der Waals surface area contributed by atoms with Gasteiger partial charge in [0.1, 0.15) is 6.54 Å². The van der Waals surface area contributed by atoms with Crippen LogP contribution in [0.25, 0.3) is 5.70 Å². The Balaban J connectivity index is 1.97. The average molecular weight is 334 g/mol. The number of amides is 2. The smallest absolute Gasteiger partial charge is 0.303 e. The summed E-state index contributed by atoms with van der Waals surface area (Å²) < 4.78 is 0. The molecular formula is C16H18N2O4S. The summed E-state index contributed by atoms with van der Waals surface area (Å²) in [5.74, 6) is -0.992. The predicted octanol–water partition coefficient (Wildman–Crippen LogP) is 1.54. The number of hydrogen-bond donors (Lipinski definition) is 2. The Morgan fingerprint density at radius 2 is 2.00 bits per heavy atom. The van der Waals surface area contributed by atoms with Gasteiger partial charge in [0, 0.05) is 13.0 Å². The number of nitrogens with one attached hydrogen (secondary N) is 1. The second-order valence-corrected chi connectivity index (χ2v) is 5.86. The second-order valence-electron chi connectivity index (χ2n) is 5.01. The van der Waals surface area contributed by atoms with Gasteiger partial charge in [-0.3, -0.25) is 14.4 Å². The van der Waals surface area contributed by atoms with Crippen molar-refractivity contribution in [3.63, 3.8) is 0 Å². The summed E-state index contributed by atoms with van der Waals surface area (Å²) in [5, 5.41) is 13.1. The first-order valence-corrected chi connectivity index (χ1v) is 8.29. The number of carbonyl (C=O) groups is 3. The predicted molar refractivity (Wildman–Crippen MR) is 88.5 cm³/mol. The van der Waals surface area contributed by atoms with Gasteiger partial charge < -0.3 is 15.3 Å². The van der Waals surface area contributed by atoms with Crippen LogP contribution in [0.2, 0.25) is 0 Å². The van der Waals surface area contributed by atoms with Crippen LogP contribution >= 0.6 is 11.8 Å². The van der Waals surface area contributed by atoms with Crippen LogP contribution in [0.4, 0.5) is 0 Å². The number of hydrogen-bond acceptors (Lipinski definition) is 4. The zero-order valence-electron chi connectivity index (χ0n) is 12.5. The molecule has 2 amide bonds. The fourth-order valence-corrected chi connectivity index (χ4v) is 2.94. The molecule has 6 nitrogen and oxygen atoms in total. The van der Waals surface area contributed by atoms with Gasteiger partial charge in [-0.05, 0) is 17.4 Å². The molecule has 0 saturated carbocycles. The largest absolute Gasteiger partial charge is 0.481 e. The van der Waals surface area contributed by atoms with E-state index < -0.39 is 5.97 Å². The third kappa shape index (κ3) is 5.14. The minimum Gasteiger partial charge on any atom is -0.481 e. The van der Waals surface area contributed by atoms with Crippen LogP contribution in [0.15, 0.2) is 35.7 Å². The van der Waals surface area contributed by atoms with Crippen LogP contribution < -0.4 is 5.32 Å². The van der Waals surface area contributed by atoms with E-state index >= 15 is 0 Å². The number of carboxylic acid groups (broad SMARTS) is 1. The van der Waals surface area contributed by atoms with Crippen molar-refractivity contribution in [2.24, 2.45) is 0 Å². The molecule has 23 heavy (non-hydrogen) atoms. The fraction of sp³-hybridized carbons (Fsp3) is 0.312. The Hall–Kier alpha value is -2.28. The average Bonchev–Trinajstić information content (AvgIpc) is 2.54. The van der Waals surface area contributed by atoms with Crippen LogP contribution in [0.1, 0.15) is 18.4 Å². The first-order chi connectivity index (χ1) is 11.1. The highest BCUT2D eigenvalue weighted by molar-refractivity contribution is 8.03. The Morgan fingerprint density at radius 1 is 1.26 bits per heavy atom. The highest BCUT2D eigenvalue weighted by Gasteiger charge is 2.25. The molecule has 0 radical (unpaired) electrons. The summed E-state index contributed by atoms with van der Waals surface area (Å²) in [6.07, 6.45) is 0.376. The summed E-state index contributed by atoms with van der Waals surface area (Å²) >= 11 is 1.41. The maximum atomic E-state index is 12.1. The van der Waals surface area contributed by atoms with Crippen molar-refractivity contribution in [1.82, 2.24) is 10.2 Å². The molecule has 1 aromatic carbocycles. The minimum atomic E-state index is -0.892. The third-order valence-electron chi connectivity index (χ3n) is 3.25. The van der Waals surface area contributed by atoms with Gasteiger partial charge in [-0.2, -0.15) is 0 Å². The molecule has 2 rings (SSSR count). The van der Waals surface area contributed by atoms with Gasteiger partial charge in [0.15, 0.2) is 0 Å². The van der Waals surface area contributed by atoms with Crippen molar-refractivity contribution in [1.29, 1.82) is 0 Å². The van der Waals surface area contributed by atoms with Crippen LogP contribution in [0, 0.1) is 0 Å². The lowest BCUT2D eigenvalue weighted by molar-refractivity contribution is -0.137. The SMILES string of the molecule is O=C(O)CCCNC(=O)CN1C(=O)CSC=C1c1ccccc1. The number of aliphatic carboxylic acids is 1. The molecule has 0 spiro atoms. The standard InChI is InChI=1S/C16H18N2O4S/c19-14(17-8-4-7-16(21)22)9-18-13(10-23-11-15(18)20)12-5-2-1-3-6-12/h1-3,5-6,10H,4,7-9,11H2,(H,17,19)(H,21,22). The molecular weight excluding hydrogens is 316 g/mol. The number of carbonyl (C=O) groups excluding carboxylic acids is 2. The monoisotopic (exact) mass is 334 g/mol. The molecule has 0 fully saturated rings. The molecule has 1 heterocycles. The van der Waals surface area contributed by atoms with Crippen LogP contribution in [0.3, 0.4) is 0 Å². The Labute approximate surface area is 138 Å². The van der Waals surface area contributed by atoms with Crippen molar-refractivity contribution in [3.8, 4) is 0 Å². The van der Waals surface area contributed by atoms with E-state index in [1.807, 2.05) is 35.7 Å². The summed E-state index contributed by atoms with van der Waals surface area (Å²) in [6, 6.07) is 9.43.